The SMILES string of the molecule is CC[C@H]1CC[C@H]2[C@@H]3C=CC4=CC(=O)CC(CN=[N+]=[N-])[C@]4(C)[C@H]3CC[C@]12C. The van der Waals surface area contributed by atoms with Crippen LogP contribution in [0.5, 0.6) is 0 Å². The van der Waals surface area contributed by atoms with Crippen LogP contribution in [0.2, 0.25) is 0 Å². The molecule has 0 radical (unpaired) electrons. The Hall–Kier alpha value is -1.54. The lowest BCUT2D eigenvalue weighted by molar-refractivity contribution is -0.118. The number of hydrogen-bond donors (Lipinski definition) is 0. The standard InChI is InChI=1S/C22H31N3O/c1-4-14-6-8-19-18-7-5-15-11-17(26)12-16(13-24-25-23)22(15,3)20(18)9-10-21(14,19)2/h5,7,11,14,16,18-20H,4,6,8-10,12-13H2,1-3H3/t14-,16?,18-,19-,20-,21+,22+/m0/s1. The Morgan fingerprint density at radius 1 is 1.23 bits per heavy atom. The Morgan fingerprint density at radius 3 is 2.77 bits per heavy atom. The van der Waals surface area contributed by atoms with Gasteiger partial charge in [-0.05, 0) is 83.3 Å². The summed E-state index contributed by atoms with van der Waals surface area (Å²) in [5.41, 5.74) is 10.5. The van der Waals surface area contributed by atoms with Crippen LogP contribution in [0.15, 0.2) is 28.9 Å². The molecule has 0 bridgehead atoms. The van der Waals surface area contributed by atoms with Crippen molar-refractivity contribution in [3.05, 3.63) is 34.2 Å². The van der Waals surface area contributed by atoms with Gasteiger partial charge >= 0.3 is 0 Å². The minimum atomic E-state index is -0.0346. The molecule has 4 aliphatic rings. The minimum absolute atomic E-state index is 0.0346. The lowest BCUT2D eigenvalue weighted by atomic mass is 9.46. The summed E-state index contributed by atoms with van der Waals surface area (Å²) in [5, 5.41) is 3.89. The highest BCUT2D eigenvalue weighted by atomic mass is 16.1. The van der Waals surface area contributed by atoms with Gasteiger partial charge in [-0.3, -0.25) is 4.79 Å². The summed E-state index contributed by atoms with van der Waals surface area (Å²) >= 11 is 0. The molecule has 4 aliphatic carbocycles. The summed E-state index contributed by atoms with van der Waals surface area (Å²) < 4.78 is 0. The van der Waals surface area contributed by atoms with Crippen LogP contribution in [-0.4, -0.2) is 12.3 Å². The van der Waals surface area contributed by atoms with Gasteiger partial charge in [0.2, 0.25) is 0 Å². The number of hydrogen-bond acceptors (Lipinski definition) is 2. The highest BCUT2D eigenvalue weighted by Crippen LogP contribution is 2.66. The van der Waals surface area contributed by atoms with E-state index in [2.05, 4.69) is 42.9 Å². The summed E-state index contributed by atoms with van der Waals surface area (Å²) in [6.07, 6.45) is 13.6. The van der Waals surface area contributed by atoms with Crippen molar-refractivity contribution in [3.63, 3.8) is 0 Å². The third kappa shape index (κ3) is 2.34. The van der Waals surface area contributed by atoms with Gasteiger partial charge in [0.25, 0.3) is 0 Å². The molecule has 0 aromatic heterocycles. The van der Waals surface area contributed by atoms with Gasteiger partial charge < -0.3 is 0 Å². The second-order valence-electron chi connectivity index (χ2n) is 9.54. The van der Waals surface area contributed by atoms with Crippen molar-refractivity contribution in [1.29, 1.82) is 0 Å². The van der Waals surface area contributed by atoms with E-state index in [1.807, 2.05) is 6.08 Å². The number of fused-ring (bicyclic) bond motifs is 5. The minimum Gasteiger partial charge on any atom is -0.295 e. The summed E-state index contributed by atoms with van der Waals surface area (Å²) in [4.78, 5) is 15.3. The second-order valence-corrected chi connectivity index (χ2v) is 9.54. The molecule has 0 aliphatic heterocycles. The molecular weight excluding hydrogens is 322 g/mol. The molecule has 0 saturated heterocycles. The maximum atomic E-state index is 12.3. The van der Waals surface area contributed by atoms with Gasteiger partial charge in [0.1, 0.15) is 0 Å². The Balaban J connectivity index is 1.74. The topological polar surface area (TPSA) is 65.8 Å². The lowest BCUT2D eigenvalue weighted by Gasteiger charge is -2.58. The number of rotatable bonds is 3. The predicted molar refractivity (Wildman–Crippen MR) is 103 cm³/mol. The molecule has 0 amide bonds. The van der Waals surface area contributed by atoms with Crippen molar-refractivity contribution in [2.24, 2.45) is 45.5 Å². The van der Waals surface area contributed by atoms with Crippen LogP contribution < -0.4 is 0 Å². The van der Waals surface area contributed by atoms with E-state index >= 15 is 0 Å². The van der Waals surface area contributed by atoms with Crippen molar-refractivity contribution in [3.8, 4) is 0 Å². The summed E-state index contributed by atoms with van der Waals surface area (Å²) in [7, 11) is 0. The Morgan fingerprint density at radius 2 is 2.04 bits per heavy atom. The first-order chi connectivity index (χ1) is 12.4. The number of allylic oxidation sites excluding steroid dienone is 4. The fourth-order valence-corrected chi connectivity index (χ4v) is 7.37. The number of carbonyl (C=O) groups excluding carboxylic acids is 1. The first-order valence-corrected chi connectivity index (χ1v) is 10.4. The van der Waals surface area contributed by atoms with E-state index in [0.717, 1.165) is 11.8 Å². The third-order valence-electron chi connectivity index (χ3n) is 8.89. The molecule has 2 saturated carbocycles. The molecule has 4 heteroatoms. The van der Waals surface area contributed by atoms with Gasteiger partial charge in [-0.2, -0.15) is 0 Å². The van der Waals surface area contributed by atoms with E-state index < -0.39 is 0 Å². The highest BCUT2D eigenvalue weighted by Gasteiger charge is 2.59. The van der Waals surface area contributed by atoms with Gasteiger partial charge in [-0.1, -0.05) is 44.5 Å². The number of ketones is 1. The fourth-order valence-electron chi connectivity index (χ4n) is 7.37. The van der Waals surface area contributed by atoms with Crippen LogP contribution in [0.3, 0.4) is 0 Å². The van der Waals surface area contributed by atoms with Gasteiger partial charge in [0.05, 0.1) is 0 Å². The van der Waals surface area contributed by atoms with Crippen LogP contribution in [0.4, 0.5) is 0 Å². The molecule has 2 fully saturated rings. The number of carbonyl (C=O) groups is 1. The summed E-state index contributed by atoms with van der Waals surface area (Å²) in [6, 6.07) is 0. The highest BCUT2D eigenvalue weighted by molar-refractivity contribution is 5.92. The van der Waals surface area contributed by atoms with Crippen molar-refractivity contribution in [2.45, 2.75) is 59.3 Å². The lowest BCUT2D eigenvalue weighted by Crippen LogP contribution is -2.52. The zero-order chi connectivity index (χ0) is 18.5. The van der Waals surface area contributed by atoms with Crippen molar-refractivity contribution < 1.29 is 4.79 Å². The molecule has 1 unspecified atom stereocenters. The molecule has 26 heavy (non-hydrogen) atoms. The third-order valence-corrected chi connectivity index (χ3v) is 8.89. The Bertz CT molecular complexity index is 719. The Labute approximate surface area is 156 Å². The zero-order valence-electron chi connectivity index (χ0n) is 16.3. The van der Waals surface area contributed by atoms with Crippen LogP contribution in [0.1, 0.15) is 59.3 Å². The molecule has 140 valence electrons. The largest absolute Gasteiger partial charge is 0.295 e. The quantitative estimate of drug-likeness (QED) is 0.356. The van der Waals surface area contributed by atoms with Crippen molar-refractivity contribution >= 4 is 5.78 Å². The fraction of sp³-hybridized carbons (Fsp3) is 0.773. The molecule has 0 spiro atoms. The molecule has 4 rings (SSSR count). The first kappa shape index (κ1) is 17.9. The van der Waals surface area contributed by atoms with Crippen molar-refractivity contribution in [2.75, 3.05) is 6.54 Å². The second kappa shape index (κ2) is 6.27. The molecular formula is C22H31N3O. The van der Waals surface area contributed by atoms with Gasteiger partial charge in [0.15, 0.2) is 5.78 Å². The molecule has 4 nitrogen and oxygen atoms in total. The monoisotopic (exact) mass is 353 g/mol. The van der Waals surface area contributed by atoms with Crippen LogP contribution in [0.25, 0.3) is 10.4 Å². The molecule has 0 heterocycles. The average molecular weight is 354 g/mol. The van der Waals surface area contributed by atoms with E-state index in [1.165, 1.54) is 37.7 Å². The Kier molecular flexibility index (Phi) is 4.30. The van der Waals surface area contributed by atoms with E-state index in [1.54, 1.807) is 0 Å². The summed E-state index contributed by atoms with van der Waals surface area (Å²) in [6.45, 7) is 7.68. The predicted octanol–water partition coefficient (Wildman–Crippen LogP) is 5.86. The maximum absolute atomic E-state index is 12.3. The molecule has 0 aromatic rings. The van der Waals surface area contributed by atoms with Crippen LogP contribution >= 0.6 is 0 Å². The number of azide groups is 1. The maximum Gasteiger partial charge on any atom is 0.156 e. The van der Waals surface area contributed by atoms with E-state index in [-0.39, 0.29) is 17.1 Å². The van der Waals surface area contributed by atoms with Gasteiger partial charge in [0, 0.05) is 17.9 Å². The van der Waals surface area contributed by atoms with E-state index in [9.17, 15) is 4.79 Å². The van der Waals surface area contributed by atoms with E-state index in [4.69, 9.17) is 5.53 Å². The van der Waals surface area contributed by atoms with Crippen LogP contribution in [0, 0.1) is 40.4 Å². The van der Waals surface area contributed by atoms with Crippen LogP contribution in [-0.2, 0) is 4.79 Å². The average Bonchev–Trinajstić information content (AvgIpc) is 2.96. The van der Waals surface area contributed by atoms with E-state index in [0.29, 0.717) is 30.2 Å². The first-order valence-electron chi connectivity index (χ1n) is 10.4. The normalized spacial score (nSPS) is 46.7. The summed E-state index contributed by atoms with van der Waals surface area (Å²) in [5.74, 6) is 3.12. The van der Waals surface area contributed by atoms with Gasteiger partial charge in [-0.25, -0.2) is 0 Å². The zero-order valence-corrected chi connectivity index (χ0v) is 16.3. The van der Waals surface area contributed by atoms with Crippen molar-refractivity contribution in [1.82, 2.24) is 0 Å². The molecule has 0 N–H and O–H groups in total. The number of nitrogens with zero attached hydrogens (tertiary/aromatic N) is 3. The molecule has 7 atom stereocenters. The smallest absolute Gasteiger partial charge is 0.156 e. The molecule has 0 aromatic carbocycles. The van der Waals surface area contributed by atoms with Gasteiger partial charge in [-0.15, -0.1) is 0 Å².